The second-order valence-corrected chi connectivity index (χ2v) is 23.8. The van der Waals surface area contributed by atoms with E-state index in [4.69, 9.17) is 14.2 Å². The van der Waals surface area contributed by atoms with Gasteiger partial charge in [-0.2, -0.15) is 0 Å². The zero-order chi connectivity index (χ0) is 57.1. The smallest absolute Gasteiger partial charge is 0.306 e. The minimum absolute atomic E-state index is 0.0643. The van der Waals surface area contributed by atoms with Gasteiger partial charge >= 0.3 is 17.9 Å². The summed E-state index contributed by atoms with van der Waals surface area (Å²) in [5, 5.41) is 0. The van der Waals surface area contributed by atoms with E-state index in [1.807, 2.05) is 0 Å². The van der Waals surface area contributed by atoms with E-state index in [9.17, 15) is 14.4 Å². The lowest BCUT2D eigenvalue weighted by molar-refractivity contribution is -0.167. The SMILES string of the molecule is CC/C=C\C/C=C\C/C=C\C/C=C\CCCCCCCCCCCCCCCCCCCCCCCCC(=O)OCC(COC(=O)CCCCCCCCCCCCCCC)OC(=O)CCCCCCCCCCCCCCC. The minimum Gasteiger partial charge on any atom is -0.462 e. The Morgan fingerprint density at radius 2 is 0.494 bits per heavy atom. The van der Waals surface area contributed by atoms with E-state index >= 15 is 0 Å². The number of carbonyl (C=O) groups excluding carboxylic acids is 3. The Labute approximate surface area is 492 Å². The van der Waals surface area contributed by atoms with Crippen LogP contribution in [-0.4, -0.2) is 37.2 Å². The summed E-state index contributed by atoms with van der Waals surface area (Å²) in [6.45, 7) is 6.59. The molecule has 0 aromatic rings. The molecule has 1 unspecified atom stereocenters. The maximum absolute atomic E-state index is 12.9. The Hall–Kier alpha value is -2.63. The average Bonchev–Trinajstić information content (AvgIpc) is 3.45. The molecule has 79 heavy (non-hydrogen) atoms. The zero-order valence-electron chi connectivity index (χ0n) is 53.2. The van der Waals surface area contributed by atoms with Gasteiger partial charge in [-0.25, -0.2) is 0 Å². The lowest BCUT2D eigenvalue weighted by Crippen LogP contribution is -2.30. The van der Waals surface area contributed by atoms with E-state index in [1.54, 1.807) is 0 Å². The molecule has 0 aliphatic carbocycles. The van der Waals surface area contributed by atoms with Gasteiger partial charge in [0, 0.05) is 19.3 Å². The lowest BCUT2D eigenvalue weighted by Gasteiger charge is -2.18. The molecule has 0 bridgehead atoms. The largest absolute Gasteiger partial charge is 0.462 e. The number of esters is 3. The molecule has 1 atom stereocenters. The van der Waals surface area contributed by atoms with Crippen molar-refractivity contribution in [1.82, 2.24) is 0 Å². The molecule has 0 radical (unpaired) electrons. The van der Waals surface area contributed by atoms with Crippen LogP contribution in [0.25, 0.3) is 0 Å². The molecule has 0 spiro atoms. The van der Waals surface area contributed by atoms with Crippen molar-refractivity contribution in [2.24, 2.45) is 0 Å². The van der Waals surface area contributed by atoms with Crippen molar-refractivity contribution in [2.45, 2.75) is 386 Å². The Balaban J connectivity index is 4.02. The Morgan fingerprint density at radius 1 is 0.266 bits per heavy atom. The van der Waals surface area contributed by atoms with Gasteiger partial charge < -0.3 is 14.2 Å². The summed E-state index contributed by atoms with van der Waals surface area (Å²) in [5.74, 6) is -0.836. The first kappa shape index (κ1) is 76.4. The fourth-order valence-electron chi connectivity index (χ4n) is 10.6. The first-order valence-electron chi connectivity index (χ1n) is 35.1. The van der Waals surface area contributed by atoms with Crippen LogP contribution in [0, 0.1) is 0 Å². The zero-order valence-corrected chi connectivity index (χ0v) is 53.2. The minimum atomic E-state index is -0.766. The first-order valence-corrected chi connectivity index (χ1v) is 35.1. The molecule has 0 aliphatic heterocycles. The monoisotopic (exact) mass is 1110 g/mol. The summed E-state index contributed by atoms with van der Waals surface area (Å²) in [5.41, 5.74) is 0. The highest BCUT2D eigenvalue weighted by molar-refractivity contribution is 5.71. The van der Waals surface area contributed by atoms with Gasteiger partial charge in [-0.15, -0.1) is 0 Å². The highest BCUT2D eigenvalue weighted by Gasteiger charge is 2.19. The molecule has 0 saturated carbocycles. The van der Waals surface area contributed by atoms with Crippen molar-refractivity contribution in [3.8, 4) is 0 Å². The molecule has 6 heteroatoms. The fraction of sp³-hybridized carbons (Fsp3) is 0.849. The van der Waals surface area contributed by atoms with Crippen LogP contribution in [0.2, 0.25) is 0 Å². The summed E-state index contributed by atoms with van der Waals surface area (Å²) in [6.07, 6.45) is 85.9. The molecular formula is C73H134O6. The van der Waals surface area contributed by atoms with Crippen LogP contribution in [0.5, 0.6) is 0 Å². The van der Waals surface area contributed by atoms with Gasteiger partial charge in [0.1, 0.15) is 13.2 Å². The maximum Gasteiger partial charge on any atom is 0.306 e. The predicted octanol–water partition coefficient (Wildman–Crippen LogP) is 24.1. The third-order valence-corrected chi connectivity index (χ3v) is 15.8. The van der Waals surface area contributed by atoms with Gasteiger partial charge in [-0.1, -0.05) is 352 Å². The van der Waals surface area contributed by atoms with Crippen LogP contribution in [-0.2, 0) is 28.6 Å². The number of hydrogen-bond acceptors (Lipinski definition) is 6. The highest BCUT2D eigenvalue weighted by atomic mass is 16.6. The highest BCUT2D eigenvalue weighted by Crippen LogP contribution is 2.19. The normalized spacial score (nSPS) is 12.3. The number of allylic oxidation sites excluding steroid dienone is 8. The molecule has 0 heterocycles. The molecule has 0 N–H and O–H groups in total. The van der Waals surface area contributed by atoms with E-state index in [-0.39, 0.29) is 31.1 Å². The van der Waals surface area contributed by atoms with Crippen molar-refractivity contribution >= 4 is 17.9 Å². The average molecular weight is 1110 g/mol. The number of carbonyl (C=O) groups is 3. The molecule has 0 fully saturated rings. The van der Waals surface area contributed by atoms with Crippen molar-refractivity contribution < 1.29 is 28.6 Å². The fourth-order valence-corrected chi connectivity index (χ4v) is 10.6. The summed E-state index contributed by atoms with van der Waals surface area (Å²) in [4.78, 5) is 38.3. The van der Waals surface area contributed by atoms with E-state index in [1.165, 1.54) is 257 Å². The first-order chi connectivity index (χ1) is 39.0. The Kier molecular flexibility index (Phi) is 65.6. The Morgan fingerprint density at radius 3 is 0.772 bits per heavy atom. The van der Waals surface area contributed by atoms with Gasteiger partial charge in [0.05, 0.1) is 0 Å². The maximum atomic E-state index is 12.9. The number of ether oxygens (including phenoxy) is 3. The molecule has 462 valence electrons. The van der Waals surface area contributed by atoms with Gasteiger partial charge in [0.25, 0.3) is 0 Å². The van der Waals surface area contributed by atoms with Crippen LogP contribution in [0.15, 0.2) is 48.6 Å². The standard InChI is InChI=1S/C73H134O6/c1-4-7-10-13-16-19-22-25-26-27-28-29-30-31-32-33-34-35-36-37-38-39-40-41-42-43-44-45-46-49-51-54-57-60-63-66-72(75)78-69-70(79-73(76)67-64-61-58-55-52-48-24-21-18-15-12-9-6-3)68-77-71(74)65-62-59-56-53-50-47-23-20-17-14-11-8-5-2/h7,10,16,19,25-26,28-29,70H,4-6,8-9,11-15,17-18,20-24,27,30-69H2,1-3H3/b10-7-,19-16-,26-25-,29-28-. The molecular weight excluding hydrogens is 973 g/mol. The lowest BCUT2D eigenvalue weighted by atomic mass is 10.0. The van der Waals surface area contributed by atoms with Crippen LogP contribution >= 0.6 is 0 Å². The molecule has 0 aromatic carbocycles. The summed E-state index contributed by atoms with van der Waals surface area (Å²) in [6, 6.07) is 0. The quantitative estimate of drug-likeness (QED) is 0.0261. The van der Waals surface area contributed by atoms with Gasteiger partial charge in [-0.05, 0) is 57.8 Å². The van der Waals surface area contributed by atoms with E-state index in [0.717, 1.165) is 83.5 Å². The van der Waals surface area contributed by atoms with Gasteiger partial charge in [0.15, 0.2) is 6.10 Å². The van der Waals surface area contributed by atoms with Crippen molar-refractivity contribution in [1.29, 1.82) is 0 Å². The number of rotatable bonds is 65. The number of hydrogen-bond donors (Lipinski definition) is 0. The van der Waals surface area contributed by atoms with E-state index in [0.29, 0.717) is 19.3 Å². The molecule has 0 amide bonds. The molecule has 0 aliphatic rings. The third kappa shape index (κ3) is 66.1. The van der Waals surface area contributed by atoms with Crippen LogP contribution < -0.4 is 0 Å². The van der Waals surface area contributed by atoms with Crippen molar-refractivity contribution in [3.05, 3.63) is 48.6 Å². The number of unbranched alkanes of at least 4 members (excludes halogenated alkanes) is 46. The van der Waals surface area contributed by atoms with E-state index < -0.39 is 6.10 Å². The van der Waals surface area contributed by atoms with Crippen LogP contribution in [0.1, 0.15) is 380 Å². The second kappa shape index (κ2) is 67.9. The summed E-state index contributed by atoms with van der Waals surface area (Å²) in [7, 11) is 0. The van der Waals surface area contributed by atoms with Crippen molar-refractivity contribution in [2.75, 3.05) is 13.2 Å². The second-order valence-electron chi connectivity index (χ2n) is 23.8. The molecule has 0 aromatic heterocycles. The van der Waals surface area contributed by atoms with Crippen molar-refractivity contribution in [3.63, 3.8) is 0 Å². The van der Waals surface area contributed by atoms with Gasteiger partial charge in [-0.3, -0.25) is 14.4 Å². The molecule has 0 saturated heterocycles. The van der Waals surface area contributed by atoms with Crippen LogP contribution in [0.4, 0.5) is 0 Å². The molecule has 6 nitrogen and oxygen atoms in total. The van der Waals surface area contributed by atoms with Gasteiger partial charge in [0.2, 0.25) is 0 Å². The van der Waals surface area contributed by atoms with E-state index in [2.05, 4.69) is 69.4 Å². The Bertz CT molecular complexity index is 1360. The summed E-state index contributed by atoms with van der Waals surface area (Å²) >= 11 is 0. The summed E-state index contributed by atoms with van der Waals surface area (Å²) < 4.78 is 16.9. The topological polar surface area (TPSA) is 78.9 Å². The molecule has 0 rings (SSSR count). The van der Waals surface area contributed by atoms with Crippen LogP contribution in [0.3, 0.4) is 0 Å². The third-order valence-electron chi connectivity index (χ3n) is 15.8. The predicted molar refractivity (Wildman–Crippen MR) is 344 cm³/mol.